The minimum atomic E-state index is -0.642. The first-order valence-electron chi connectivity index (χ1n) is 5.13. The fourth-order valence-electron chi connectivity index (χ4n) is 1.85. The Bertz CT molecular complexity index is 182. The fraction of sp³-hybridized carbons (Fsp3) is 0.800. The van der Waals surface area contributed by atoms with Gasteiger partial charge in [0.25, 0.3) is 0 Å². The molecule has 1 unspecified atom stereocenters. The molecule has 1 fully saturated rings. The molecule has 1 aliphatic rings. The minimum Gasteiger partial charge on any atom is -0.320 e. The molecule has 0 amide bonds. The third-order valence-corrected chi connectivity index (χ3v) is 6.51. The van der Waals surface area contributed by atoms with Crippen molar-refractivity contribution in [2.24, 2.45) is 0 Å². The van der Waals surface area contributed by atoms with Gasteiger partial charge in [0.05, 0.1) is 0 Å². The molecule has 70 valence electrons. The zero-order chi connectivity index (χ0) is 9.14. The van der Waals surface area contributed by atoms with Crippen molar-refractivity contribution in [3.05, 3.63) is 10.8 Å². The summed E-state index contributed by atoms with van der Waals surface area (Å²) >= 11 is 0. The van der Waals surface area contributed by atoms with E-state index in [2.05, 4.69) is 31.9 Å². The zero-order valence-electron chi connectivity index (χ0n) is 8.85. The maximum absolute atomic E-state index is 2.66. The van der Waals surface area contributed by atoms with Crippen LogP contribution in [0.25, 0.3) is 0 Å². The van der Waals surface area contributed by atoms with Crippen molar-refractivity contribution < 1.29 is 0 Å². The topological polar surface area (TPSA) is 3.01 Å². The van der Waals surface area contributed by atoms with E-state index in [0.29, 0.717) is 0 Å². The first kappa shape index (κ1) is 10.0. The average molecular weight is 183 g/mol. The van der Waals surface area contributed by atoms with Gasteiger partial charge in [-0.1, -0.05) is 31.2 Å². The number of nitrogens with zero attached hydrogens (tertiary/aromatic N) is 1. The lowest BCUT2D eigenvalue weighted by molar-refractivity contribution is 0.863. The van der Waals surface area contributed by atoms with E-state index in [1.807, 2.05) is 0 Å². The molecule has 0 bridgehead atoms. The molecular formula is C10H21NSi. The summed E-state index contributed by atoms with van der Waals surface area (Å²) in [6, 6.07) is 0. The van der Waals surface area contributed by atoms with Gasteiger partial charge in [-0.3, -0.25) is 0 Å². The van der Waals surface area contributed by atoms with Crippen molar-refractivity contribution in [3.63, 3.8) is 0 Å². The van der Waals surface area contributed by atoms with Crippen LogP contribution >= 0.6 is 0 Å². The second kappa shape index (κ2) is 4.24. The van der Waals surface area contributed by atoms with Crippen molar-refractivity contribution in [3.8, 4) is 0 Å². The van der Waals surface area contributed by atoms with Crippen LogP contribution in [0.15, 0.2) is 10.8 Å². The van der Waals surface area contributed by atoms with Crippen molar-refractivity contribution in [2.75, 3.05) is 13.1 Å². The molecular weight excluding hydrogens is 162 g/mol. The summed E-state index contributed by atoms with van der Waals surface area (Å²) in [5.41, 5.74) is 1.66. The second-order valence-corrected chi connectivity index (χ2v) is 6.50. The Labute approximate surface area is 78.1 Å². The van der Waals surface area contributed by atoms with Crippen molar-refractivity contribution in [1.29, 1.82) is 0 Å². The molecule has 0 N–H and O–H groups in total. The van der Waals surface area contributed by atoms with Crippen LogP contribution in [0.4, 0.5) is 0 Å². The van der Waals surface area contributed by atoms with Gasteiger partial charge in [0, 0.05) is 13.1 Å². The SMILES string of the molecule is CCC(C)=C(CC)[SiH](C)N1CC1. The van der Waals surface area contributed by atoms with Crippen molar-refractivity contribution >= 4 is 8.96 Å². The second-order valence-electron chi connectivity index (χ2n) is 3.72. The predicted octanol–water partition coefficient (Wildman–Crippen LogP) is 2.33. The highest BCUT2D eigenvalue weighted by Crippen LogP contribution is 2.21. The molecule has 1 heterocycles. The molecule has 0 spiro atoms. The van der Waals surface area contributed by atoms with Gasteiger partial charge in [-0.15, -0.1) is 0 Å². The maximum atomic E-state index is 2.66. The molecule has 0 aromatic heterocycles. The van der Waals surface area contributed by atoms with E-state index >= 15 is 0 Å². The van der Waals surface area contributed by atoms with E-state index in [1.165, 1.54) is 25.9 Å². The first-order valence-corrected chi connectivity index (χ1v) is 7.38. The highest BCUT2D eigenvalue weighted by atomic mass is 28.3. The molecule has 0 aliphatic carbocycles. The van der Waals surface area contributed by atoms with Gasteiger partial charge in [0.15, 0.2) is 0 Å². The predicted molar refractivity (Wildman–Crippen MR) is 57.9 cm³/mol. The Balaban J connectivity index is 2.65. The van der Waals surface area contributed by atoms with E-state index in [0.717, 1.165) is 0 Å². The van der Waals surface area contributed by atoms with E-state index in [4.69, 9.17) is 0 Å². The average Bonchev–Trinajstić information content (AvgIpc) is 2.87. The Morgan fingerprint density at radius 2 is 1.83 bits per heavy atom. The molecule has 1 atom stereocenters. The normalized spacial score (nSPS) is 22.0. The van der Waals surface area contributed by atoms with Gasteiger partial charge >= 0.3 is 0 Å². The van der Waals surface area contributed by atoms with Crippen LogP contribution in [-0.4, -0.2) is 26.6 Å². The van der Waals surface area contributed by atoms with Gasteiger partial charge in [-0.05, 0) is 19.8 Å². The van der Waals surface area contributed by atoms with E-state index in [-0.39, 0.29) is 0 Å². The summed E-state index contributed by atoms with van der Waals surface area (Å²) in [5, 5.41) is 1.80. The van der Waals surface area contributed by atoms with Crippen LogP contribution in [0.3, 0.4) is 0 Å². The Morgan fingerprint density at radius 3 is 2.17 bits per heavy atom. The Morgan fingerprint density at radius 1 is 1.25 bits per heavy atom. The van der Waals surface area contributed by atoms with E-state index < -0.39 is 8.96 Å². The zero-order valence-corrected chi connectivity index (χ0v) is 10.0. The third kappa shape index (κ3) is 2.20. The molecule has 12 heavy (non-hydrogen) atoms. The molecule has 2 heteroatoms. The van der Waals surface area contributed by atoms with Gasteiger partial charge in [-0.25, -0.2) is 0 Å². The summed E-state index contributed by atoms with van der Waals surface area (Å²) in [4.78, 5) is 0. The van der Waals surface area contributed by atoms with Crippen LogP contribution in [0.5, 0.6) is 0 Å². The standard InChI is InChI=1S/C10H21NSi/c1-5-9(3)10(6-2)12(4)11-7-8-11/h12H,5-8H2,1-4H3. The molecule has 1 aliphatic heterocycles. The lowest BCUT2D eigenvalue weighted by atomic mass is 10.2. The summed E-state index contributed by atoms with van der Waals surface area (Å²) in [7, 11) is -0.642. The largest absolute Gasteiger partial charge is 0.320 e. The third-order valence-electron chi connectivity index (χ3n) is 2.99. The highest BCUT2D eigenvalue weighted by Gasteiger charge is 2.27. The quantitative estimate of drug-likeness (QED) is 0.477. The van der Waals surface area contributed by atoms with Crippen LogP contribution in [0.2, 0.25) is 6.55 Å². The maximum Gasteiger partial charge on any atom is 0.136 e. The number of hydrogen-bond donors (Lipinski definition) is 0. The molecule has 0 saturated carbocycles. The van der Waals surface area contributed by atoms with Gasteiger partial charge in [0.2, 0.25) is 0 Å². The molecule has 1 nitrogen and oxygen atoms in total. The number of rotatable bonds is 4. The van der Waals surface area contributed by atoms with Gasteiger partial charge in [-0.2, -0.15) is 0 Å². The Hall–Kier alpha value is -0.0831. The summed E-state index contributed by atoms with van der Waals surface area (Å²) in [6.45, 7) is 12.1. The fourth-order valence-corrected chi connectivity index (χ4v) is 4.69. The molecule has 0 radical (unpaired) electrons. The van der Waals surface area contributed by atoms with E-state index in [1.54, 1.807) is 10.8 Å². The molecule has 1 saturated heterocycles. The molecule has 0 aromatic carbocycles. The lowest BCUT2D eigenvalue weighted by Gasteiger charge is -2.16. The van der Waals surface area contributed by atoms with E-state index in [9.17, 15) is 0 Å². The molecule has 1 rings (SSSR count). The number of allylic oxidation sites excluding steroid dienone is 2. The summed E-state index contributed by atoms with van der Waals surface area (Å²) in [6.07, 6.45) is 2.53. The van der Waals surface area contributed by atoms with Crippen LogP contribution in [-0.2, 0) is 0 Å². The monoisotopic (exact) mass is 183 g/mol. The van der Waals surface area contributed by atoms with Crippen molar-refractivity contribution in [1.82, 2.24) is 4.57 Å². The van der Waals surface area contributed by atoms with Crippen LogP contribution in [0.1, 0.15) is 33.6 Å². The van der Waals surface area contributed by atoms with Crippen LogP contribution in [0, 0.1) is 0 Å². The Kier molecular flexibility index (Phi) is 3.53. The molecule has 0 aromatic rings. The van der Waals surface area contributed by atoms with Gasteiger partial charge in [0.1, 0.15) is 8.96 Å². The lowest BCUT2D eigenvalue weighted by Crippen LogP contribution is -2.23. The number of hydrogen-bond acceptors (Lipinski definition) is 1. The van der Waals surface area contributed by atoms with Crippen LogP contribution < -0.4 is 0 Å². The summed E-state index contributed by atoms with van der Waals surface area (Å²) in [5.74, 6) is 0. The van der Waals surface area contributed by atoms with Gasteiger partial charge < -0.3 is 4.57 Å². The van der Waals surface area contributed by atoms with Crippen molar-refractivity contribution in [2.45, 2.75) is 40.2 Å². The summed E-state index contributed by atoms with van der Waals surface area (Å²) < 4.78 is 2.66. The smallest absolute Gasteiger partial charge is 0.136 e. The first-order chi connectivity index (χ1) is 5.70. The highest BCUT2D eigenvalue weighted by molar-refractivity contribution is 6.63. The minimum absolute atomic E-state index is 0.642.